The standard InChI is InChI=1S/C23H30N6O4/c1-16-13-20(28-9-11-33-12-10-28)27-23(26-16)25-8-7-24-22(31)17-14-21(30)29(15-17)18-3-5-19(32-2)6-4-18/h3-6,13,17H,7-12,14-15H2,1-2H3,(H,24,31)(H,25,26,27). The number of aryl methyl sites for hydroxylation is 1. The van der Waals surface area contributed by atoms with Gasteiger partial charge in [0.2, 0.25) is 17.8 Å². The fourth-order valence-electron chi connectivity index (χ4n) is 3.98. The van der Waals surface area contributed by atoms with Gasteiger partial charge in [-0.3, -0.25) is 9.59 Å². The number of hydrogen-bond acceptors (Lipinski definition) is 8. The maximum absolute atomic E-state index is 12.6. The van der Waals surface area contributed by atoms with Crippen LogP contribution in [0.4, 0.5) is 17.5 Å². The topological polar surface area (TPSA) is 109 Å². The molecule has 2 N–H and O–H groups in total. The Morgan fingerprint density at radius 3 is 2.67 bits per heavy atom. The second kappa shape index (κ2) is 10.5. The number of ether oxygens (including phenoxy) is 2. The molecule has 10 heteroatoms. The Kier molecular flexibility index (Phi) is 7.23. The number of rotatable bonds is 8. The molecular weight excluding hydrogens is 424 g/mol. The van der Waals surface area contributed by atoms with Crippen molar-refractivity contribution in [1.82, 2.24) is 15.3 Å². The molecule has 3 heterocycles. The molecule has 4 rings (SSSR count). The molecule has 1 unspecified atom stereocenters. The molecule has 0 radical (unpaired) electrons. The van der Waals surface area contributed by atoms with Crippen LogP contribution >= 0.6 is 0 Å². The van der Waals surface area contributed by atoms with Crippen LogP contribution in [0.25, 0.3) is 0 Å². The first-order chi connectivity index (χ1) is 16.0. The van der Waals surface area contributed by atoms with Crippen molar-refractivity contribution in [2.75, 3.05) is 68.2 Å². The molecule has 10 nitrogen and oxygen atoms in total. The summed E-state index contributed by atoms with van der Waals surface area (Å²) >= 11 is 0. The number of morpholine rings is 1. The van der Waals surface area contributed by atoms with Gasteiger partial charge in [-0.05, 0) is 31.2 Å². The van der Waals surface area contributed by atoms with E-state index in [0.717, 1.165) is 36.0 Å². The predicted molar refractivity (Wildman–Crippen MR) is 125 cm³/mol. The third-order valence-corrected chi connectivity index (χ3v) is 5.76. The lowest BCUT2D eigenvalue weighted by Crippen LogP contribution is -2.37. The highest BCUT2D eigenvalue weighted by Crippen LogP contribution is 2.27. The van der Waals surface area contributed by atoms with Crippen molar-refractivity contribution in [3.05, 3.63) is 36.0 Å². The summed E-state index contributed by atoms with van der Waals surface area (Å²) < 4.78 is 10.6. The maximum atomic E-state index is 12.6. The van der Waals surface area contributed by atoms with Crippen LogP contribution in [0.5, 0.6) is 5.75 Å². The molecular formula is C23H30N6O4. The van der Waals surface area contributed by atoms with Crippen molar-refractivity contribution in [1.29, 1.82) is 0 Å². The number of carbonyl (C=O) groups excluding carboxylic acids is 2. The molecule has 2 amide bonds. The van der Waals surface area contributed by atoms with E-state index < -0.39 is 0 Å². The number of methoxy groups -OCH3 is 1. The summed E-state index contributed by atoms with van der Waals surface area (Å²) in [6, 6.07) is 9.23. The third-order valence-electron chi connectivity index (χ3n) is 5.76. The fraction of sp³-hybridized carbons (Fsp3) is 0.478. The summed E-state index contributed by atoms with van der Waals surface area (Å²) in [5.41, 5.74) is 1.64. The van der Waals surface area contributed by atoms with Crippen molar-refractivity contribution in [2.24, 2.45) is 5.92 Å². The normalized spacial score (nSPS) is 18.4. The summed E-state index contributed by atoms with van der Waals surface area (Å²) in [6.07, 6.45) is 0.204. The lowest BCUT2D eigenvalue weighted by Gasteiger charge is -2.28. The smallest absolute Gasteiger partial charge is 0.227 e. The summed E-state index contributed by atoms with van der Waals surface area (Å²) in [6.45, 7) is 6.20. The fourth-order valence-corrected chi connectivity index (χ4v) is 3.98. The van der Waals surface area contributed by atoms with Crippen LogP contribution < -0.4 is 25.2 Å². The molecule has 2 saturated heterocycles. The molecule has 2 fully saturated rings. The molecule has 176 valence electrons. The van der Waals surface area contributed by atoms with E-state index in [1.807, 2.05) is 25.1 Å². The van der Waals surface area contributed by atoms with Gasteiger partial charge in [-0.15, -0.1) is 0 Å². The minimum absolute atomic E-state index is 0.0535. The van der Waals surface area contributed by atoms with Crippen LogP contribution in [0.1, 0.15) is 12.1 Å². The van der Waals surface area contributed by atoms with Crippen LogP contribution in [-0.4, -0.2) is 74.8 Å². The number of anilines is 3. The zero-order valence-electron chi connectivity index (χ0n) is 19.0. The first-order valence-electron chi connectivity index (χ1n) is 11.2. The summed E-state index contributed by atoms with van der Waals surface area (Å²) in [4.78, 5) is 37.9. The van der Waals surface area contributed by atoms with Crippen LogP contribution in [0.2, 0.25) is 0 Å². The Balaban J connectivity index is 1.25. The molecule has 0 saturated carbocycles. The first kappa shape index (κ1) is 22.8. The molecule has 1 aromatic carbocycles. The number of amides is 2. The number of nitrogens with one attached hydrogen (secondary N) is 2. The number of hydrogen-bond donors (Lipinski definition) is 2. The van der Waals surface area contributed by atoms with Gasteiger partial charge >= 0.3 is 0 Å². The zero-order chi connectivity index (χ0) is 23.2. The highest BCUT2D eigenvalue weighted by Gasteiger charge is 2.34. The molecule has 0 bridgehead atoms. The average molecular weight is 455 g/mol. The maximum Gasteiger partial charge on any atom is 0.227 e. The Morgan fingerprint density at radius 2 is 1.94 bits per heavy atom. The van der Waals surface area contributed by atoms with E-state index in [2.05, 4.69) is 25.5 Å². The molecule has 2 aliphatic rings. The van der Waals surface area contributed by atoms with Crippen LogP contribution in [-0.2, 0) is 14.3 Å². The lowest BCUT2D eigenvalue weighted by atomic mass is 10.1. The number of carbonyl (C=O) groups is 2. The molecule has 2 aromatic rings. The van der Waals surface area contributed by atoms with Gasteiger partial charge in [0.25, 0.3) is 0 Å². The van der Waals surface area contributed by atoms with Crippen molar-refractivity contribution in [3.63, 3.8) is 0 Å². The SMILES string of the molecule is COc1ccc(N2CC(C(=O)NCCNc3nc(C)cc(N4CCOCC4)n3)CC2=O)cc1. The average Bonchev–Trinajstić information content (AvgIpc) is 3.23. The highest BCUT2D eigenvalue weighted by molar-refractivity contribution is 6.00. The van der Waals surface area contributed by atoms with Gasteiger partial charge in [0.15, 0.2) is 0 Å². The molecule has 0 spiro atoms. The number of benzene rings is 1. The van der Waals surface area contributed by atoms with Crippen LogP contribution in [0.15, 0.2) is 30.3 Å². The highest BCUT2D eigenvalue weighted by atomic mass is 16.5. The van der Waals surface area contributed by atoms with Gasteiger partial charge in [0.1, 0.15) is 11.6 Å². The van der Waals surface area contributed by atoms with Crippen LogP contribution in [0, 0.1) is 12.8 Å². The van der Waals surface area contributed by atoms with Crippen molar-refractivity contribution in [3.8, 4) is 5.75 Å². The Hall–Kier alpha value is -3.40. The minimum Gasteiger partial charge on any atom is -0.497 e. The molecule has 1 aromatic heterocycles. The van der Waals surface area contributed by atoms with Gasteiger partial charge in [-0.2, -0.15) is 4.98 Å². The first-order valence-corrected chi connectivity index (χ1v) is 11.2. The van der Waals surface area contributed by atoms with E-state index in [0.29, 0.717) is 38.8 Å². The van der Waals surface area contributed by atoms with E-state index in [4.69, 9.17) is 9.47 Å². The lowest BCUT2D eigenvalue weighted by molar-refractivity contribution is -0.126. The van der Waals surface area contributed by atoms with Crippen molar-refractivity contribution < 1.29 is 19.1 Å². The predicted octanol–water partition coefficient (Wildman–Crippen LogP) is 1.21. The molecule has 33 heavy (non-hydrogen) atoms. The Morgan fingerprint density at radius 1 is 1.18 bits per heavy atom. The summed E-state index contributed by atoms with van der Waals surface area (Å²) in [5, 5.41) is 6.10. The van der Waals surface area contributed by atoms with Crippen LogP contribution in [0.3, 0.4) is 0 Å². The Bertz CT molecular complexity index is 977. The third kappa shape index (κ3) is 5.70. The quantitative estimate of drug-likeness (QED) is 0.573. The van der Waals surface area contributed by atoms with Crippen molar-refractivity contribution >= 4 is 29.3 Å². The van der Waals surface area contributed by atoms with Gasteiger partial charge in [-0.1, -0.05) is 0 Å². The van der Waals surface area contributed by atoms with Gasteiger partial charge in [0, 0.05) is 56.6 Å². The zero-order valence-corrected chi connectivity index (χ0v) is 19.0. The monoisotopic (exact) mass is 454 g/mol. The number of aromatic nitrogens is 2. The van der Waals surface area contributed by atoms with Gasteiger partial charge in [0.05, 0.1) is 26.2 Å². The van der Waals surface area contributed by atoms with E-state index in [9.17, 15) is 9.59 Å². The van der Waals surface area contributed by atoms with E-state index in [1.165, 1.54) is 0 Å². The molecule has 0 aliphatic carbocycles. The van der Waals surface area contributed by atoms with Gasteiger partial charge in [-0.25, -0.2) is 4.98 Å². The summed E-state index contributed by atoms with van der Waals surface area (Å²) in [7, 11) is 1.60. The molecule has 1 atom stereocenters. The number of nitrogens with zero attached hydrogens (tertiary/aromatic N) is 4. The van der Waals surface area contributed by atoms with Crippen molar-refractivity contribution in [2.45, 2.75) is 13.3 Å². The van der Waals surface area contributed by atoms with E-state index in [1.54, 1.807) is 24.1 Å². The minimum atomic E-state index is -0.372. The van der Waals surface area contributed by atoms with E-state index >= 15 is 0 Å². The molecule has 2 aliphatic heterocycles. The van der Waals surface area contributed by atoms with E-state index in [-0.39, 0.29) is 24.2 Å². The van der Waals surface area contributed by atoms with Gasteiger partial charge < -0.3 is 29.9 Å². The largest absolute Gasteiger partial charge is 0.497 e. The Labute approximate surface area is 193 Å². The summed E-state index contributed by atoms with van der Waals surface area (Å²) in [5.74, 6) is 1.58. The second-order valence-corrected chi connectivity index (χ2v) is 8.11. The second-order valence-electron chi connectivity index (χ2n) is 8.11.